The van der Waals surface area contributed by atoms with Gasteiger partial charge in [-0.1, -0.05) is 32.1 Å². The molecule has 2 amide bonds. The first-order chi connectivity index (χ1) is 12.5. The minimum Gasteiger partial charge on any atom is -0.459 e. The van der Waals surface area contributed by atoms with E-state index >= 15 is 0 Å². The molecule has 0 aromatic rings. The summed E-state index contributed by atoms with van der Waals surface area (Å²) in [5, 5.41) is 2.84. The van der Waals surface area contributed by atoms with E-state index in [1.54, 1.807) is 41.9 Å². The average molecular weight is 384 g/mol. The summed E-state index contributed by atoms with van der Waals surface area (Å²) >= 11 is 0. The van der Waals surface area contributed by atoms with Crippen LogP contribution in [0.1, 0.15) is 59.3 Å². The van der Waals surface area contributed by atoms with Gasteiger partial charge in [0.25, 0.3) is 0 Å². The molecule has 0 aliphatic heterocycles. The van der Waals surface area contributed by atoms with Gasteiger partial charge in [-0.2, -0.15) is 0 Å². The van der Waals surface area contributed by atoms with Crippen molar-refractivity contribution in [2.45, 2.75) is 70.9 Å². The second kappa shape index (κ2) is 10.6. The molecule has 0 aromatic heterocycles. The lowest BCUT2D eigenvalue weighted by Gasteiger charge is -2.34. The number of likely N-dealkylation sites (N-methyl/N-ethyl adjacent to an activating group) is 3. The van der Waals surface area contributed by atoms with E-state index < -0.39 is 17.6 Å². The molecule has 0 spiro atoms. The maximum atomic E-state index is 13.1. The molecular formula is C20H37N3O4. The summed E-state index contributed by atoms with van der Waals surface area (Å²) in [5.41, 5.74) is -0.595. The largest absolute Gasteiger partial charge is 0.459 e. The quantitative estimate of drug-likeness (QED) is 0.647. The van der Waals surface area contributed by atoms with Crippen LogP contribution in [0.4, 0.5) is 0 Å². The predicted molar refractivity (Wildman–Crippen MR) is 105 cm³/mol. The summed E-state index contributed by atoms with van der Waals surface area (Å²) in [4.78, 5) is 40.4. The van der Waals surface area contributed by atoms with E-state index in [4.69, 9.17) is 4.74 Å². The van der Waals surface area contributed by atoms with E-state index in [1.165, 1.54) is 29.1 Å². The van der Waals surface area contributed by atoms with Gasteiger partial charge in [0.05, 0.1) is 6.54 Å². The van der Waals surface area contributed by atoms with Crippen molar-refractivity contribution < 1.29 is 19.1 Å². The van der Waals surface area contributed by atoms with Gasteiger partial charge in [-0.15, -0.1) is 0 Å². The molecule has 0 aromatic carbocycles. The lowest BCUT2D eigenvalue weighted by Crippen LogP contribution is -2.52. The highest BCUT2D eigenvalue weighted by molar-refractivity contribution is 5.90. The second-order valence-electron chi connectivity index (χ2n) is 8.57. The zero-order valence-corrected chi connectivity index (χ0v) is 17.8. The molecule has 1 aliphatic rings. The Kier molecular flexibility index (Phi) is 9.22. The van der Waals surface area contributed by atoms with E-state index in [-0.39, 0.29) is 24.9 Å². The second-order valence-corrected chi connectivity index (χ2v) is 8.57. The highest BCUT2D eigenvalue weighted by atomic mass is 16.6. The van der Waals surface area contributed by atoms with Crippen LogP contribution in [-0.2, 0) is 19.1 Å². The van der Waals surface area contributed by atoms with Gasteiger partial charge in [0.1, 0.15) is 18.2 Å². The Morgan fingerprint density at radius 1 is 1.11 bits per heavy atom. The van der Waals surface area contributed by atoms with Crippen LogP contribution < -0.4 is 5.32 Å². The first-order valence-electron chi connectivity index (χ1n) is 9.92. The van der Waals surface area contributed by atoms with Crippen LogP contribution in [0.5, 0.6) is 0 Å². The Hall–Kier alpha value is -1.63. The third-order valence-electron chi connectivity index (χ3n) is 4.92. The smallest absolute Gasteiger partial charge is 0.326 e. The SMILES string of the molecule is CNCC(=O)N(C)C(CC1CCCCC1)C(=O)N(C)CC(=O)OC(C)(C)C. The van der Waals surface area contributed by atoms with Gasteiger partial charge in [0.2, 0.25) is 11.8 Å². The molecule has 1 fully saturated rings. The number of carbonyl (C=O) groups is 3. The molecule has 27 heavy (non-hydrogen) atoms. The Balaban J connectivity index is 2.83. The van der Waals surface area contributed by atoms with Crippen molar-refractivity contribution in [2.75, 3.05) is 34.2 Å². The zero-order chi connectivity index (χ0) is 20.6. The Bertz CT molecular complexity index is 510. The molecule has 1 saturated carbocycles. The van der Waals surface area contributed by atoms with Crippen molar-refractivity contribution in [2.24, 2.45) is 5.92 Å². The summed E-state index contributed by atoms with van der Waals surface area (Å²) in [7, 11) is 4.97. The van der Waals surface area contributed by atoms with Crippen LogP contribution in [0.25, 0.3) is 0 Å². The van der Waals surface area contributed by atoms with E-state index in [9.17, 15) is 14.4 Å². The summed E-state index contributed by atoms with van der Waals surface area (Å²) in [6.07, 6.45) is 6.41. The van der Waals surface area contributed by atoms with Crippen molar-refractivity contribution in [3.8, 4) is 0 Å². The van der Waals surface area contributed by atoms with Crippen molar-refractivity contribution in [1.82, 2.24) is 15.1 Å². The number of ether oxygens (including phenoxy) is 1. The van der Waals surface area contributed by atoms with Crippen molar-refractivity contribution in [3.05, 3.63) is 0 Å². The van der Waals surface area contributed by atoms with Gasteiger partial charge >= 0.3 is 5.97 Å². The van der Waals surface area contributed by atoms with Crippen LogP contribution in [-0.4, -0.2) is 73.5 Å². The monoisotopic (exact) mass is 383 g/mol. The van der Waals surface area contributed by atoms with Gasteiger partial charge in [-0.05, 0) is 40.2 Å². The first-order valence-corrected chi connectivity index (χ1v) is 9.92. The lowest BCUT2D eigenvalue weighted by molar-refractivity contribution is -0.159. The highest BCUT2D eigenvalue weighted by Crippen LogP contribution is 2.29. The van der Waals surface area contributed by atoms with Crippen LogP contribution in [0.15, 0.2) is 0 Å². The molecule has 0 radical (unpaired) electrons. The molecule has 156 valence electrons. The molecule has 1 aliphatic carbocycles. The van der Waals surface area contributed by atoms with Gasteiger partial charge in [0.15, 0.2) is 0 Å². The van der Waals surface area contributed by atoms with Gasteiger partial charge in [0, 0.05) is 14.1 Å². The number of esters is 1. The van der Waals surface area contributed by atoms with Gasteiger partial charge in [-0.25, -0.2) is 0 Å². The normalized spacial score (nSPS) is 16.5. The molecule has 0 heterocycles. The fraction of sp³-hybridized carbons (Fsp3) is 0.850. The highest BCUT2D eigenvalue weighted by Gasteiger charge is 2.33. The molecule has 7 nitrogen and oxygen atoms in total. The molecule has 1 rings (SSSR count). The average Bonchev–Trinajstić information content (AvgIpc) is 2.57. The fourth-order valence-corrected chi connectivity index (χ4v) is 3.51. The van der Waals surface area contributed by atoms with Crippen molar-refractivity contribution in [1.29, 1.82) is 0 Å². The number of rotatable bonds is 8. The maximum Gasteiger partial charge on any atom is 0.326 e. The zero-order valence-electron chi connectivity index (χ0n) is 17.8. The summed E-state index contributed by atoms with van der Waals surface area (Å²) in [6.45, 7) is 5.44. The Morgan fingerprint density at radius 2 is 1.70 bits per heavy atom. The number of hydrogen-bond acceptors (Lipinski definition) is 5. The van der Waals surface area contributed by atoms with Gasteiger partial charge < -0.3 is 19.9 Å². The fourth-order valence-electron chi connectivity index (χ4n) is 3.51. The minimum absolute atomic E-state index is 0.120. The van der Waals surface area contributed by atoms with Gasteiger partial charge in [-0.3, -0.25) is 14.4 Å². The van der Waals surface area contributed by atoms with E-state index in [0.29, 0.717) is 12.3 Å². The van der Waals surface area contributed by atoms with Crippen LogP contribution >= 0.6 is 0 Å². The molecule has 1 atom stereocenters. The molecule has 1 unspecified atom stereocenters. The number of nitrogens with one attached hydrogen (secondary N) is 1. The van der Waals surface area contributed by atoms with E-state index in [2.05, 4.69) is 5.32 Å². The van der Waals surface area contributed by atoms with E-state index in [0.717, 1.165) is 12.8 Å². The lowest BCUT2D eigenvalue weighted by atomic mass is 9.84. The molecule has 0 saturated heterocycles. The molecular weight excluding hydrogens is 346 g/mol. The third kappa shape index (κ3) is 8.28. The molecule has 7 heteroatoms. The first kappa shape index (κ1) is 23.4. The topological polar surface area (TPSA) is 79.0 Å². The Labute approximate surface area is 163 Å². The molecule has 1 N–H and O–H groups in total. The summed E-state index contributed by atoms with van der Waals surface area (Å²) < 4.78 is 5.31. The maximum absolute atomic E-state index is 13.1. The summed E-state index contributed by atoms with van der Waals surface area (Å²) in [6, 6.07) is -0.554. The number of carbonyl (C=O) groups excluding carboxylic acids is 3. The van der Waals surface area contributed by atoms with Crippen molar-refractivity contribution in [3.63, 3.8) is 0 Å². The number of nitrogens with zero attached hydrogens (tertiary/aromatic N) is 2. The standard InChI is InChI=1S/C20H37N3O4/c1-20(2,3)27-18(25)14-22(5)19(26)16(23(6)17(24)13-21-4)12-15-10-8-7-9-11-15/h15-16,21H,7-14H2,1-6H3. The van der Waals surface area contributed by atoms with Crippen LogP contribution in [0.3, 0.4) is 0 Å². The van der Waals surface area contributed by atoms with Crippen LogP contribution in [0, 0.1) is 5.92 Å². The Morgan fingerprint density at radius 3 is 2.22 bits per heavy atom. The van der Waals surface area contributed by atoms with Crippen molar-refractivity contribution >= 4 is 17.8 Å². The van der Waals surface area contributed by atoms with E-state index in [1.807, 2.05) is 0 Å². The molecule has 0 bridgehead atoms. The minimum atomic E-state index is -0.595. The van der Waals surface area contributed by atoms with Crippen LogP contribution in [0.2, 0.25) is 0 Å². The third-order valence-corrected chi connectivity index (χ3v) is 4.92. The number of hydrogen-bond donors (Lipinski definition) is 1. The number of amides is 2. The summed E-state index contributed by atoms with van der Waals surface area (Å²) in [5.74, 6) is -0.345. The predicted octanol–water partition coefficient (Wildman–Crippen LogP) is 1.80.